The molecule has 1 aromatic carbocycles. The summed E-state index contributed by atoms with van der Waals surface area (Å²) in [5.74, 6) is 0.252. The lowest BCUT2D eigenvalue weighted by Crippen LogP contribution is -2.43. The van der Waals surface area contributed by atoms with Gasteiger partial charge in [0.2, 0.25) is 0 Å². The molecule has 6 heteroatoms. The van der Waals surface area contributed by atoms with Gasteiger partial charge >= 0.3 is 0 Å². The smallest absolute Gasteiger partial charge is 0.195 e. The van der Waals surface area contributed by atoms with Crippen LogP contribution in [0.15, 0.2) is 60.0 Å². The molecule has 1 atom stereocenters. The van der Waals surface area contributed by atoms with Crippen molar-refractivity contribution in [1.82, 2.24) is 15.3 Å². The number of nitrogens with two attached hydrogens (primary N) is 2. The van der Waals surface area contributed by atoms with Gasteiger partial charge in [-0.2, -0.15) is 0 Å². The van der Waals surface area contributed by atoms with Crippen LogP contribution in [0.25, 0.3) is 11.3 Å². The van der Waals surface area contributed by atoms with Gasteiger partial charge in [-0.3, -0.25) is 10.7 Å². The second-order valence-electron chi connectivity index (χ2n) is 4.46. The van der Waals surface area contributed by atoms with Crippen molar-refractivity contribution >= 4 is 5.96 Å². The van der Waals surface area contributed by atoms with Crippen molar-refractivity contribution in [3.63, 3.8) is 0 Å². The molecule has 5 N–H and O–H groups in total. The fourth-order valence-corrected chi connectivity index (χ4v) is 1.97. The third kappa shape index (κ3) is 2.24. The zero-order valence-electron chi connectivity index (χ0n) is 10.7. The van der Waals surface area contributed by atoms with Gasteiger partial charge in [-0.1, -0.05) is 30.3 Å². The lowest BCUT2D eigenvalue weighted by molar-refractivity contribution is 0.559. The average molecular weight is 266 g/mol. The number of benzene rings is 1. The molecule has 0 spiro atoms. The molecule has 0 saturated carbocycles. The Morgan fingerprint density at radius 1 is 1.10 bits per heavy atom. The number of aromatic nitrogens is 2. The van der Waals surface area contributed by atoms with Gasteiger partial charge in [0.05, 0.1) is 18.1 Å². The summed E-state index contributed by atoms with van der Waals surface area (Å²) in [6, 6.07) is 9.77. The molecule has 100 valence electrons. The van der Waals surface area contributed by atoms with Gasteiger partial charge in [-0.05, 0) is 6.08 Å². The zero-order chi connectivity index (χ0) is 14.0. The van der Waals surface area contributed by atoms with E-state index in [1.165, 1.54) is 0 Å². The van der Waals surface area contributed by atoms with E-state index in [-0.39, 0.29) is 5.96 Å². The van der Waals surface area contributed by atoms with E-state index in [1.54, 1.807) is 24.7 Å². The van der Waals surface area contributed by atoms with E-state index < -0.39 is 5.66 Å². The Morgan fingerprint density at radius 2 is 1.90 bits per heavy atom. The maximum atomic E-state index is 6.22. The second kappa shape index (κ2) is 4.75. The Bertz CT molecular complexity index is 679. The SMILES string of the molecule is NC1=NC(N)(c2cncc(-c3ccccc3)n2)C=CN1. The van der Waals surface area contributed by atoms with Crippen LogP contribution in [0.3, 0.4) is 0 Å². The largest absolute Gasteiger partial charge is 0.370 e. The minimum Gasteiger partial charge on any atom is -0.370 e. The van der Waals surface area contributed by atoms with Gasteiger partial charge in [0.15, 0.2) is 11.6 Å². The molecule has 0 bridgehead atoms. The minimum absolute atomic E-state index is 0.252. The Labute approximate surface area is 116 Å². The number of hydrogen-bond donors (Lipinski definition) is 3. The van der Waals surface area contributed by atoms with Gasteiger partial charge < -0.3 is 11.1 Å². The monoisotopic (exact) mass is 266 g/mol. The van der Waals surface area contributed by atoms with Crippen LogP contribution in [-0.2, 0) is 5.66 Å². The van der Waals surface area contributed by atoms with Crippen molar-refractivity contribution in [2.75, 3.05) is 0 Å². The molecule has 1 aliphatic heterocycles. The Morgan fingerprint density at radius 3 is 2.65 bits per heavy atom. The average Bonchev–Trinajstić information content (AvgIpc) is 2.48. The highest BCUT2D eigenvalue weighted by Gasteiger charge is 2.28. The molecular formula is C14H14N6. The molecule has 2 heterocycles. The molecule has 3 rings (SSSR count). The predicted molar refractivity (Wildman–Crippen MR) is 77.2 cm³/mol. The predicted octanol–water partition coefficient (Wildman–Crippen LogP) is 0.687. The van der Waals surface area contributed by atoms with E-state index in [2.05, 4.69) is 20.3 Å². The van der Waals surface area contributed by atoms with E-state index in [9.17, 15) is 0 Å². The summed E-state index contributed by atoms with van der Waals surface area (Å²) in [6.07, 6.45) is 6.64. The van der Waals surface area contributed by atoms with Crippen LogP contribution in [-0.4, -0.2) is 15.9 Å². The van der Waals surface area contributed by atoms with Crippen LogP contribution in [0.2, 0.25) is 0 Å². The first-order chi connectivity index (χ1) is 9.67. The van der Waals surface area contributed by atoms with Crippen LogP contribution < -0.4 is 16.8 Å². The minimum atomic E-state index is -1.09. The van der Waals surface area contributed by atoms with Crippen molar-refractivity contribution < 1.29 is 0 Å². The maximum absolute atomic E-state index is 6.22. The molecule has 0 aliphatic carbocycles. The Kier molecular flexibility index (Phi) is 2.92. The van der Waals surface area contributed by atoms with Crippen molar-refractivity contribution in [3.8, 4) is 11.3 Å². The summed E-state index contributed by atoms with van der Waals surface area (Å²) < 4.78 is 0. The summed E-state index contributed by atoms with van der Waals surface area (Å²) in [7, 11) is 0. The van der Waals surface area contributed by atoms with E-state index in [4.69, 9.17) is 11.5 Å². The van der Waals surface area contributed by atoms with Crippen LogP contribution in [0.1, 0.15) is 5.69 Å². The number of hydrogen-bond acceptors (Lipinski definition) is 6. The third-order valence-electron chi connectivity index (χ3n) is 2.99. The van der Waals surface area contributed by atoms with Crippen molar-refractivity contribution in [2.24, 2.45) is 16.5 Å². The quantitative estimate of drug-likeness (QED) is 0.742. The van der Waals surface area contributed by atoms with Crippen LogP contribution in [0.5, 0.6) is 0 Å². The molecule has 1 aliphatic rings. The number of aliphatic imine (C=N–C) groups is 1. The summed E-state index contributed by atoms with van der Waals surface area (Å²) >= 11 is 0. The summed E-state index contributed by atoms with van der Waals surface area (Å²) in [6.45, 7) is 0. The standard InChI is InChI=1S/C14H14N6/c15-13-18-7-6-14(16,20-13)12-9-17-8-11(19-12)10-4-2-1-3-5-10/h1-9H,16H2,(H3,15,18,20). The topological polar surface area (TPSA) is 102 Å². The van der Waals surface area contributed by atoms with E-state index >= 15 is 0 Å². The molecule has 0 radical (unpaired) electrons. The van der Waals surface area contributed by atoms with Gasteiger partial charge in [-0.15, -0.1) is 0 Å². The molecule has 6 nitrogen and oxygen atoms in total. The number of nitrogens with one attached hydrogen (secondary N) is 1. The first-order valence-electron chi connectivity index (χ1n) is 6.14. The van der Waals surface area contributed by atoms with Gasteiger partial charge in [0.1, 0.15) is 5.69 Å². The Balaban J connectivity index is 2.04. The summed E-state index contributed by atoms with van der Waals surface area (Å²) in [4.78, 5) is 12.9. The van der Waals surface area contributed by atoms with E-state index in [1.807, 2.05) is 30.3 Å². The molecular weight excluding hydrogens is 252 g/mol. The van der Waals surface area contributed by atoms with Gasteiger partial charge in [0.25, 0.3) is 0 Å². The maximum Gasteiger partial charge on any atom is 0.195 e. The van der Waals surface area contributed by atoms with Crippen molar-refractivity contribution in [1.29, 1.82) is 0 Å². The van der Waals surface area contributed by atoms with Crippen LogP contribution >= 0.6 is 0 Å². The van der Waals surface area contributed by atoms with Gasteiger partial charge in [-0.25, -0.2) is 9.98 Å². The molecule has 1 aromatic heterocycles. The highest BCUT2D eigenvalue weighted by Crippen LogP contribution is 2.23. The van der Waals surface area contributed by atoms with E-state index in [0.29, 0.717) is 5.69 Å². The molecule has 0 fully saturated rings. The Hall–Kier alpha value is -2.73. The normalized spacial score (nSPS) is 21.1. The number of rotatable bonds is 2. The lowest BCUT2D eigenvalue weighted by Gasteiger charge is -2.24. The molecule has 0 amide bonds. The second-order valence-corrected chi connectivity index (χ2v) is 4.46. The number of guanidine groups is 1. The van der Waals surface area contributed by atoms with Crippen LogP contribution in [0, 0.1) is 0 Å². The molecule has 1 unspecified atom stereocenters. The summed E-state index contributed by atoms with van der Waals surface area (Å²) in [5, 5.41) is 2.77. The first kappa shape index (κ1) is 12.3. The van der Waals surface area contributed by atoms with Crippen LogP contribution in [0.4, 0.5) is 0 Å². The molecule has 20 heavy (non-hydrogen) atoms. The first-order valence-corrected chi connectivity index (χ1v) is 6.14. The lowest BCUT2D eigenvalue weighted by atomic mass is 10.1. The zero-order valence-corrected chi connectivity index (χ0v) is 10.7. The van der Waals surface area contributed by atoms with E-state index in [0.717, 1.165) is 11.3 Å². The fraction of sp³-hybridized carbons (Fsp3) is 0.0714. The molecule has 0 saturated heterocycles. The van der Waals surface area contributed by atoms with Gasteiger partial charge in [0, 0.05) is 11.8 Å². The molecule has 2 aromatic rings. The van der Waals surface area contributed by atoms with Crippen molar-refractivity contribution in [3.05, 3.63) is 60.7 Å². The third-order valence-corrected chi connectivity index (χ3v) is 2.99. The highest BCUT2D eigenvalue weighted by atomic mass is 15.2. The van der Waals surface area contributed by atoms with Crippen molar-refractivity contribution in [2.45, 2.75) is 5.66 Å². The summed E-state index contributed by atoms with van der Waals surface area (Å²) in [5.41, 5.74) is 13.0. The fourth-order valence-electron chi connectivity index (χ4n) is 1.97. The highest BCUT2D eigenvalue weighted by molar-refractivity contribution is 5.80. The number of nitrogens with zero attached hydrogens (tertiary/aromatic N) is 3.